The summed E-state index contributed by atoms with van der Waals surface area (Å²) >= 11 is 17.5. The van der Waals surface area contributed by atoms with Crippen LogP contribution in [0.3, 0.4) is 0 Å². The zero-order valence-electron chi connectivity index (χ0n) is 12.3. The van der Waals surface area contributed by atoms with E-state index in [1.165, 1.54) is 0 Å². The van der Waals surface area contributed by atoms with Crippen LogP contribution in [0.4, 0.5) is 0 Å². The van der Waals surface area contributed by atoms with Crippen molar-refractivity contribution in [3.63, 3.8) is 0 Å². The Bertz CT molecular complexity index is 532. The van der Waals surface area contributed by atoms with E-state index in [-0.39, 0.29) is 17.9 Å². The summed E-state index contributed by atoms with van der Waals surface area (Å²) in [7, 11) is 0. The van der Waals surface area contributed by atoms with Crippen molar-refractivity contribution in [2.24, 2.45) is 0 Å². The molecular weight excluding hydrogens is 345 g/mol. The van der Waals surface area contributed by atoms with Crippen molar-refractivity contribution in [1.29, 1.82) is 0 Å². The molecule has 120 valence electrons. The Labute approximate surface area is 145 Å². The normalized spacial score (nSPS) is 18.1. The maximum Gasteiger partial charge on any atom is 0.275 e. The van der Waals surface area contributed by atoms with Crippen LogP contribution in [0.2, 0.25) is 0 Å². The second-order valence-electron chi connectivity index (χ2n) is 5.57. The standard InChI is InChI=1S/C16H18Cl3NO2/c1-11(12-5-3-2-4-6-12)20(15(22)16(17,18)19)13-7-9-14(21)10-8-13/h2-6,11,13H,7-10H2,1H3. The number of benzene rings is 1. The van der Waals surface area contributed by atoms with Gasteiger partial charge in [-0.15, -0.1) is 0 Å². The molecule has 1 saturated carbocycles. The van der Waals surface area contributed by atoms with E-state index in [0.717, 1.165) is 5.56 Å². The molecule has 1 unspecified atom stereocenters. The number of hydrogen-bond acceptors (Lipinski definition) is 2. The van der Waals surface area contributed by atoms with Gasteiger partial charge < -0.3 is 4.90 Å². The van der Waals surface area contributed by atoms with Crippen molar-refractivity contribution in [2.75, 3.05) is 0 Å². The predicted octanol–water partition coefficient (Wildman–Crippen LogP) is 4.46. The Morgan fingerprint density at radius 2 is 1.73 bits per heavy atom. The topological polar surface area (TPSA) is 37.4 Å². The lowest BCUT2D eigenvalue weighted by Gasteiger charge is -2.40. The summed E-state index contributed by atoms with van der Waals surface area (Å²) in [5.41, 5.74) is 0.974. The Morgan fingerprint density at radius 1 is 1.18 bits per heavy atom. The van der Waals surface area contributed by atoms with Gasteiger partial charge in [0.2, 0.25) is 0 Å². The van der Waals surface area contributed by atoms with Crippen molar-refractivity contribution >= 4 is 46.5 Å². The van der Waals surface area contributed by atoms with Crippen LogP contribution in [0.5, 0.6) is 0 Å². The molecule has 0 bridgehead atoms. The first-order valence-electron chi connectivity index (χ1n) is 7.27. The fourth-order valence-electron chi connectivity index (χ4n) is 2.90. The summed E-state index contributed by atoms with van der Waals surface area (Å²) < 4.78 is -2.00. The van der Waals surface area contributed by atoms with E-state index in [9.17, 15) is 9.59 Å². The molecule has 1 amide bonds. The van der Waals surface area contributed by atoms with Gasteiger partial charge in [0.15, 0.2) is 0 Å². The maximum absolute atomic E-state index is 12.6. The molecule has 0 N–H and O–H groups in total. The highest BCUT2D eigenvalue weighted by Crippen LogP contribution is 2.36. The number of rotatable bonds is 3. The number of halogens is 3. The molecule has 1 aromatic rings. The molecule has 1 fully saturated rings. The summed E-state index contributed by atoms with van der Waals surface area (Å²) in [6.07, 6.45) is 2.16. The number of amides is 1. The average Bonchev–Trinajstić information content (AvgIpc) is 2.49. The lowest BCUT2D eigenvalue weighted by Crippen LogP contribution is -2.48. The maximum atomic E-state index is 12.6. The van der Waals surface area contributed by atoms with E-state index in [4.69, 9.17) is 34.8 Å². The summed E-state index contributed by atoms with van der Waals surface area (Å²) in [5.74, 6) is -0.307. The molecule has 0 aliphatic heterocycles. The van der Waals surface area contributed by atoms with Gasteiger partial charge in [-0.1, -0.05) is 65.1 Å². The molecule has 2 rings (SSSR count). The van der Waals surface area contributed by atoms with Gasteiger partial charge in [0.05, 0.1) is 6.04 Å². The van der Waals surface area contributed by atoms with E-state index in [1.807, 2.05) is 37.3 Å². The van der Waals surface area contributed by atoms with Crippen LogP contribution >= 0.6 is 34.8 Å². The highest BCUT2D eigenvalue weighted by molar-refractivity contribution is 6.76. The highest BCUT2D eigenvalue weighted by Gasteiger charge is 2.41. The van der Waals surface area contributed by atoms with Crippen LogP contribution in [0.15, 0.2) is 30.3 Å². The number of carbonyl (C=O) groups is 2. The average molecular weight is 363 g/mol. The van der Waals surface area contributed by atoms with Crippen LogP contribution in [0.25, 0.3) is 0 Å². The zero-order chi connectivity index (χ0) is 16.3. The minimum absolute atomic E-state index is 0.0870. The monoisotopic (exact) mass is 361 g/mol. The van der Waals surface area contributed by atoms with Crippen molar-refractivity contribution < 1.29 is 9.59 Å². The minimum atomic E-state index is -2.00. The number of hydrogen-bond donors (Lipinski definition) is 0. The Hall–Kier alpha value is -0.770. The molecule has 1 aliphatic rings. The predicted molar refractivity (Wildman–Crippen MR) is 89.3 cm³/mol. The number of carbonyl (C=O) groups excluding carboxylic acids is 2. The molecule has 0 radical (unpaired) electrons. The minimum Gasteiger partial charge on any atom is -0.329 e. The number of nitrogens with zero attached hydrogens (tertiary/aromatic N) is 1. The van der Waals surface area contributed by atoms with E-state index in [2.05, 4.69) is 0 Å². The molecule has 3 nitrogen and oxygen atoms in total. The van der Waals surface area contributed by atoms with E-state index in [0.29, 0.717) is 25.7 Å². The Morgan fingerprint density at radius 3 is 2.23 bits per heavy atom. The smallest absolute Gasteiger partial charge is 0.275 e. The second kappa shape index (κ2) is 7.20. The number of Topliss-reactive ketones (excluding diaryl/α,β-unsaturated/α-hetero) is 1. The van der Waals surface area contributed by atoms with E-state index in [1.54, 1.807) is 4.90 Å². The molecule has 0 heterocycles. The third kappa shape index (κ3) is 4.15. The first-order valence-corrected chi connectivity index (χ1v) is 8.40. The van der Waals surface area contributed by atoms with Crippen LogP contribution in [0, 0.1) is 0 Å². The van der Waals surface area contributed by atoms with Gasteiger partial charge in [0, 0.05) is 18.9 Å². The highest BCUT2D eigenvalue weighted by atomic mass is 35.6. The lowest BCUT2D eigenvalue weighted by atomic mass is 9.91. The first-order chi connectivity index (χ1) is 10.3. The van der Waals surface area contributed by atoms with Crippen molar-refractivity contribution in [3.8, 4) is 0 Å². The Balaban J connectivity index is 2.29. The first kappa shape index (κ1) is 17.6. The molecule has 1 aromatic carbocycles. The van der Waals surface area contributed by atoms with Gasteiger partial charge in [-0.2, -0.15) is 0 Å². The summed E-state index contributed by atoms with van der Waals surface area (Å²) in [6.45, 7) is 1.92. The van der Waals surface area contributed by atoms with Gasteiger partial charge >= 0.3 is 0 Å². The summed E-state index contributed by atoms with van der Waals surface area (Å²) in [4.78, 5) is 25.7. The molecule has 22 heavy (non-hydrogen) atoms. The van der Waals surface area contributed by atoms with E-state index < -0.39 is 9.70 Å². The third-order valence-electron chi connectivity index (χ3n) is 4.08. The zero-order valence-corrected chi connectivity index (χ0v) is 14.5. The largest absolute Gasteiger partial charge is 0.329 e. The summed E-state index contributed by atoms with van der Waals surface area (Å²) in [6, 6.07) is 9.31. The Kier molecular flexibility index (Phi) is 5.76. The fraction of sp³-hybridized carbons (Fsp3) is 0.500. The van der Waals surface area contributed by atoms with Gasteiger partial charge in [-0.25, -0.2) is 0 Å². The van der Waals surface area contributed by atoms with Crippen molar-refractivity contribution in [2.45, 2.75) is 48.5 Å². The quantitative estimate of drug-likeness (QED) is 0.745. The number of ketones is 1. The fourth-order valence-corrected chi connectivity index (χ4v) is 3.19. The van der Waals surface area contributed by atoms with E-state index >= 15 is 0 Å². The molecule has 0 aromatic heterocycles. The van der Waals surface area contributed by atoms with Crippen LogP contribution in [0.1, 0.15) is 44.2 Å². The second-order valence-corrected chi connectivity index (χ2v) is 7.85. The third-order valence-corrected chi connectivity index (χ3v) is 4.57. The van der Waals surface area contributed by atoms with Gasteiger partial charge in [0.25, 0.3) is 9.70 Å². The molecule has 1 aliphatic carbocycles. The van der Waals surface area contributed by atoms with Crippen molar-refractivity contribution in [1.82, 2.24) is 4.90 Å². The molecular formula is C16H18Cl3NO2. The SMILES string of the molecule is CC(c1ccccc1)N(C(=O)C(Cl)(Cl)Cl)C1CCC(=O)CC1. The van der Waals surface area contributed by atoms with Gasteiger partial charge in [0.1, 0.15) is 5.78 Å². The molecule has 1 atom stereocenters. The molecule has 0 spiro atoms. The van der Waals surface area contributed by atoms with Crippen LogP contribution in [-0.4, -0.2) is 26.4 Å². The number of alkyl halides is 3. The van der Waals surface area contributed by atoms with Crippen LogP contribution < -0.4 is 0 Å². The van der Waals surface area contributed by atoms with Crippen molar-refractivity contribution in [3.05, 3.63) is 35.9 Å². The molecule has 0 saturated heterocycles. The van der Waals surface area contributed by atoms with Gasteiger partial charge in [-0.3, -0.25) is 9.59 Å². The van der Waals surface area contributed by atoms with Gasteiger partial charge in [-0.05, 0) is 25.3 Å². The molecule has 6 heteroatoms. The lowest BCUT2D eigenvalue weighted by molar-refractivity contribution is -0.137. The summed E-state index contributed by atoms with van der Waals surface area (Å²) in [5, 5.41) is 0. The van der Waals surface area contributed by atoms with Crippen LogP contribution in [-0.2, 0) is 9.59 Å².